The lowest BCUT2D eigenvalue weighted by atomic mass is 10.1. The van der Waals surface area contributed by atoms with E-state index >= 15 is 0 Å². The first-order valence-corrected chi connectivity index (χ1v) is 4.21. The summed E-state index contributed by atoms with van der Waals surface area (Å²) in [6, 6.07) is -0.794. The number of guanidine groups is 1. The molecule has 0 spiro atoms. The fourth-order valence-electron chi connectivity index (χ4n) is 0.903. The summed E-state index contributed by atoms with van der Waals surface area (Å²) in [6.45, 7) is 0.387. The van der Waals surface area contributed by atoms with Crippen LogP contribution in [0.2, 0.25) is 0 Å². The number of carbonyl (C=O) groups is 1. The van der Waals surface area contributed by atoms with Gasteiger partial charge < -0.3 is 22.5 Å². The first-order chi connectivity index (χ1) is 6.97. The van der Waals surface area contributed by atoms with Crippen molar-refractivity contribution < 1.29 is 9.83 Å². The van der Waals surface area contributed by atoms with Crippen molar-refractivity contribution in [3.8, 4) is 0 Å². The van der Waals surface area contributed by atoms with E-state index < -0.39 is 22.9 Å². The summed E-state index contributed by atoms with van der Waals surface area (Å²) >= 11 is 0. The molecule has 9 nitrogen and oxygen atoms in total. The van der Waals surface area contributed by atoms with Gasteiger partial charge in [0.1, 0.15) is 11.1 Å². The van der Waals surface area contributed by atoms with Gasteiger partial charge in [0.05, 0.1) is 0 Å². The number of hydrogen-bond donors (Lipinski definition) is 4. The molecule has 0 bridgehead atoms. The summed E-state index contributed by atoms with van der Waals surface area (Å²) in [6.07, 6.45) is 0.895. The number of rotatable bonds is 6. The molecule has 94 valence electrons. The zero-order valence-corrected chi connectivity index (χ0v) is 9.27. The number of carbonyl (C=O) groups excluding carboxylic acids is 1. The average Bonchev–Trinajstić information content (AvgIpc) is 2.10. The molecule has 16 heavy (non-hydrogen) atoms. The van der Waals surface area contributed by atoms with Crippen LogP contribution in [0.15, 0.2) is 5.10 Å². The van der Waals surface area contributed by atoms with Gasteiger partial charge >= 0.3 is 0 Å². The van der Waals surface area contributed by atoms with Crippen LogP contribution in [-0.4, -0.2) is 29.5 Å². The van der Waals surface area contributed by atoms with Crippen LogP contribution < -0.4 is 22.5 Å². The number of amides is 1. The smallest absolute Gasteiger partial charge is 0.266 e. The van der Waals surface area contributed by atoms with E-state index in [-0.39, 0.29) is 12.4 Å². The zero-order valence-electron chi connectivity index (χ0n) is 8.46. The number of hydrogen-bond acceptors (Lipinski definition) is 4. The molecule has 0 aliphatic heterocycles. The normalized spacial score (nSPS) is 12.4. The quantitative estimate of drug-likeness (QED) is 0.187. The first-order valence-electron chi connectivity index (χ1n) is 4.21. The highest BCUT2D eigenvalue weighted by Crippen LogP contribution is 1.94. The predicted molar refractivity (Wildman–Crippen MR) is 60.3 cm³/mol. The maximum Gasteiger partial charge on any atom is 0.266 e. The molecule has 1 atom stereocenters. The van der Waals surface area contributed by atoms with Gasteiger partial charge in [0.2, 0.25) is 5.91 Å². The number of nitrogens with zero attached hydrogens (tertiary/aromatic N) is 2. The number of nitrogens with two attached hydrogens (primary N) is 3. The van der Waals surface area contributed by atoms with Crippen LogP contribution in [0.4, 0.5) is 0 Å². The molecule has 0 fully saturated rings. The van der Waals surface area contributed by atoms with E-state index in [2.05, 4.69) is 10.4 Å². The second-order valence-electron chi connectivity index (χ2n) is 2.75. The molecule has 10 heteroatoms. The van der Waals surface area contributed by atoms with Gasteiger partial charge in [-0.1, -0.05) is 0 Å². The molecule has 0 saturated heterocycles. The summed E-state index contributed by atoms with van der Waals surface area (Å²) in [7, 11) is 0. The Morgan fingerprint density at radius 3 is 2.44 bits per heavy atom. The van der Waals surface area contributed by atoms with Gasteiger partial charge in [-0.15, -0.1) is 12.4 Å². The van der Waals surface area contributed by atoms with E-state index in [0.29, 0.717) is 19.4 Å². The third kappa shape index (κ3) is 7.76. The van der Waals surface area contributed by atoms with Gasteiger partial charge in [-0.25, -0.2) is 10.1 Å². The molecule has 0 radical (unpaired) electrons. The number of hydrazone groups is 1. The molecule has 0 aliphatic rings. The maximum absolute atomic E-state index is 10.9. The zero-order chi connectivity index (χ0) is 11.8. The highest BCUT2D eigenvalue weighted by atomic mass is 35.5. The van der Waals surface area contributed by atoms with E-state index in [1.807, 2.05) is 0 Å². The lowest BCUT2D eigenvalue weighted by Gasteiger charge is -2.13. The lowest BCUT2D eigenvalue weighted by molar-refractivity contribution is -0.485. The molecular weight excluding hydrogens is 240 g/mol. The van der Waals surface area contributed by atoms with Crippen LogP contribution in [0.5, 0.6) is 0 Å². The monoisotopic (exact) mass is 254 g/mol. The van der Waals surface area contributed by atoms with Gasteiger partial charge in [0.15, 0.2) is 5.03 Å². The summed E-state index contributed by atoms with van der Waals surface area (Å²) in [4.78, 5) is 20.8. The largest absolute Gasteiger partial charge is 0.368 e. The lowest BCUT2D eigenvalue weighted by Crippen LogP contribution is -2.47. The predicted octanol–water partition coefficient (Wildman–Crippen LogP) is -1.90. The molecule has 0 unspecified atom stereocenters. The van der Waals surface area contributed by atoms with Gasteiger partial charge in [-0.2, -0.15) is 0 Å². The van der Waals surface area contributed by atoms with E-state index in [1.54, 1.807) is 0 Å². The average molecular weight is 255 g/mol. The second-order valence-corrected chi connectivity index (χ2v) is 2.75. The fourth-order valence-corrected chi connectivity index (χ4v) is 0.903. The molecule has 0 saturated carbocycles. The number of primary amides is 1. The van der Waals surface area contributed by atoms with Crippen LogP contribution in [-0.2, 0) is 4.79 Å². The van der Waals surface area contributed by atoms with Crippen LogP contribution >= 0.6 is 12.4 Å². The summed E-state index contributed by atoms with van der Waals surface area (Å²) < 4.78 is 0. The molecular formula is C6H15ClN6O3. The molecule has 0 aromatic rings. The van der Waals surface area contributed by atoms with Crippen molar-refractivity contribution in [3.63, 3.8) is 0 Å². The number of nitrogens with one attached hydrogen (secondary N) is 1. The van der Waals surface area contributed by atoms with Gasteiger partial charge in [-0.3, -0.25) is 4.79 Å². The number of nitro groups is 1. The molecule has 0 rings (SSSR count). The standard InChI is InChI=1S/C6H14N6O3.ClH/c7-3-1-2-4(5(8)13)10-6(9)11-12(14)15;/h4H,1-3,7H2,(H2,8,13)(H3,9,10,11);1H/t4-;/m0./s1. The SMILES string of the molecule is Cl.NCCC[C@H](NC(N)=N[N+](=O)[O-])C(N)=O. The topological polar surface area (TPSA) is 163 Å². The van der Waals surface area contributed by atoms with E-state index in [1.165, 1.54) is 0 Å². The van der Waals surface area contributed by atoms with Crippen LogP contribution in [0, 0.1) is 10.1 Å². The Balaban J connectivity index is 0. The Kier molecular flexibility index (Phi) is 9.12. The minimum Gasteiger partial charge on any atom is -0.368 e. The Labute approximate surface area is 98.0 Å². The molecule has 0 heterocycles. The minimum atomic E-state index is -0.969. The van der Waals surface area contributed by atoms with Crippen molar-refractivity contribution in [2.45, 2.75) is 18.9 Å². The minimum absolute atomic E-state index is 0. The van der Waals surface area contributed by atoms with Crippen LogP contribution in [0.3, 0.4) is 0 Å². The fraction of sp³-hybridized carbons (Fsp3) is 0.667. The van der Waals surface area contributed by atoms with Crippen molar-refractivity contribution >= 4 is 24.3 Å². The molecule has 0 aliphatic carbocycles. The third-order valence-electron chi connectivity index (χ3n) is 1.55. The maximum atomic E-state index is 10.9. The van der Waals surface area contributed by atoms with Crippen molar-refractivity contribution in [2.24, 2.45) is 22.3 Å². The molecule has 0 aromatic heterocycles. The Bertz CT molecular complexity index is 271. The van der Waals surface area contributed by atoms with E-state index in [0.717, 1.165) is 0 Å². The third-order valence-corrected chi connectivity index (χ3v) is 1.55. The van der Waals surface area contributed by atoms with Crippen molar-refractivity contribution in [1.82, 2.24) is 5.32 Å². The summed E-state index contributed by atoms with van der Waals surface area (Å²) in [5, 5.41) is 14.1. The molecule has 1 amide bonds. The Morgan fingerprint density at radius 1 is 1.50 bits per heavy atom. The van der Waals surface area contributed by atoms with Gasteiger partial charge in [-0.05, 0) is 19.4 Å². The van der Waals surface area contributed by atoms with E-state index in [4.69, 9.17) is 17.2 Å². The molecule has 0 aromatic carbocycles. The van der Waals surface area contributed by atoms with Crippen molar-refractivity contribution in [3.05, 3.63) is 10.1 Å². The first kappa shape index (κ1) is 16.8. The number of halogens is 1. The van der Waals surface area contributed by atoms with Crippen molar-refractivity contribution in [1.29, 1.82) is 0 Å². The highest BCUT2D eigenvalue weighted by Gasteiger charge is 2.16. The second kappa shape index (κ2) is 8.68. The molecule has 7 N–H and O–H groups in total. The van der Waals surface area contributed by atoms with Gasteiger partial charge in [0.25, 0.3) is 5.96 Å². The summed E-state index contributed by atoms with van der Waals surface area (Å²) in [5.41, 5.74) is 15.4. The Morgan fingerprint density at radius 2 is 2.06 bits per heavy atom. The van der Waals surface area contributed by atoms with Crippen LogP contribution in [0.25, 0.3) is 0 Å². The summed E-state index contributed by atoms with van der Waals surface area (Å²) in [5.74, 6) is -1.12. The van der Waals surface area contributed by atoms with Crippen LogP contribution in [0.1, 0.15) is 12.8 Å². The highest BCUT2D eigenvalue weighted by molar-refractivity contribution is 5.87. The Hall–Kier alpha value is -1.61. The van der Waals surface area contributed by atoms with Crippen molar-refractivity contribution in [2.75, 3.05) is 6.54 Å². The van der Waals surface area contributed by atoms with E-state index in [9.17, 15) is 14.9 Å². The van der Waals surface area contributed by atoms with Gasteiger partial charge in [0, 0.05) is 0 Å².